The maximum atomic E-state index is 11.8. The Morgan fingerprint density at radius 2 is 1.50 bits per heavy atom. The SMILES string of the molecule is CCOC(=O)C(SC(=S)N(C)C)SC(=S)N(C)C. The molecule has 18 heavy (non-hydrogen) atoms. The predicted molar refractivity (Wildman–Crippen MR) is 88.2 cm³/mol. The number of hydrogen-bond donors (Lipinski definition) is 0. The van der Waals surface area contributed by atoms with Gasteiger partial charge in [-0.1, -0.05) is 48.0 Å². The summed E-state index contributed by atoms with van der Waals surface area (Å²) in [5, 5.41) is 0. The lowest BCUT2D eigenvalue weighted by Gasteiger charge is -2.21. The van der Waals surface area contributed by atoms with E-state index in [1.54, 1.807) is 16.7 Å². The summed E-state index contributed by atoms with van der Waals surface area (Å²) in [6.45, 7) is 2.12. The molecule has 0 unspecified atom stereocenters. The van der Waals surface area contributed by atoms with E-state index in [1.807, 2.05) is 28.2 Å². The van der Waals surface area contributed by atoms with Crippen LogP contribution in [-0.4, -0.2) is 63.8 Å². The first kappa shape index (κ1) is 17.9. The fraction of sp³-hybridized carbons (Fsp3) is 0.700. The molecule has 0 amide bonds. The Bertz CT molecular complexity index is 299. The van der Waals surface area contributed by atoms with E-state index in [-0.39, 0.29) is 5.97 Å². The minimum absolute atomic E-state index is 0.305. The molecular formula is C10H18N2O2S4. The van der Waals surface area contributed by atoms with Crippen molar-refractivity contribution in [1.82, 2.24) is 9.80 Å². The van der Waals surface area contributed by atoms with E-state index in [1.165, 1.54) is 23.5 Å². The summed E-state index contributed by atoms with van der Waals surface area (Å²) in [5.41, 5.74) is 0. The fourth-order valence-electron chi connectivity index (χ4n) is 0.725. The summed E-state index contributed by atoms with van der Waals surface area (Å²) in [6, 6.07) is 0. The zero-order chi connectivity index (χ0) is 14.3. The van der Waals surface area contributed by atoms with Crippen molar-refractivity contribution in [2.45, 2.75) is 11.5 Å². The smallest absolute Gasteiger partial charge is 0.330 e. The van der Waals surface area contributed by atoms with Crippen molar-refractivity contribution in [2.24, 2.45) is 0 Å². The van der Waals surface area contributed by atoms with Gasteiger partial charge in [0.25, 0.3) is 0 Å². The second kappa shape index (κ2) is 8.95. The number of ether oxygens (including phenoxy) is 1. The van der Waals surface area contributed by atoms with Crippen LogP contribution in [0, 0.1) is 0 Å². The number of thioether (sulfide) groups is 2. The third-order valence-electron chi connectivity index (χ3n) is 1.63. The van der Waals surface area contributed by atoms with E-state index in [2.05, 4.69) is 0 Å². The second-order valence-electron chi connectivity index (χ2n) is 3.64. The topological polar surface area (TPSA) is 32.8 Å². The minimum Gasteiger partial charge on any atom is -0.465 e. The van der Waals surface area contributed by atoms with Gasteiger partial charge in [0.15, 0.2) is 4.58 Å². The normalized spacial score (nSPS) is 10.1. The average Bonchev–Trinajstić information content (AvgIpc) is 2.27. The summed E-state index contributed by atoms with van der Waals surface area (Å²) in [7, 11) is 7.36. The Labute approximate surface area is 128 Å². The molecule has 0 aliphatic heterocycles. The van der Waals surface area contributed by atoms with Crippen LogP contribution in [0.1, 0.15) is 6.92 Å². The number of rotatable bonds is 4. The quantitative estimate of drug-likeness (QED) is 0.441. The predicted octanol–water partition coefficient (Wildman–Crippen LogP) is 2.04. The third kappa shape index (κ3) is 6.77. The van der Waals surface area contributed by atoms with Crippen molar-refractivity contribution in [2.75, 3.05) is 34.8 Å². The van der Waals surface area contributed by atoms with E-state index in [9.17, 15) is 4.79 Å². The molecule has 0 atom stereocenters. The lowest BCUT2D eigenvalue weighted by atomic mass is 10.7. The van der Waals surface area contributed by atoms with E-state index in [0.29, 0.717) is 15.2 Å². The van der Waals surface area contributed by atoms with Crippen molar-refractivity contribution in [3.05, 3.63) is 0 Å². The molecule has 8 heteroatoms. The number of thiocarbonyl (C=S) groups is 2. The monoisotopic (exact) mass is 326 g/mol. The van der Waals surface area contributed by atoms with Crippen LogP contribution < -0.4 is 0 Å². The Kier molecular flexibility index (Phi) is 8.93. The van der Waals surface area contributed by atoms with E-state index in [0.717, 1.165) is 0 Å². The van der Waals surface area contributed by atoms with Crippen LogP contribution in [0.3, 0.4) is 0 Å². The molecule has 0 fully saturated rings. The standard InChI is InChI=1S/C10H18N2O2S4/c1-6-14-7(13)8(17-9(15)11(2)3)18-10(16)12(4)5/h8H,6H2,1-5H3. The number of nitrogens with zero attached hydrogens (tertiary/aromatic N) is 2. The van der Waals surface area contributed by atoms with Gasteiger partial charge in [-0.3, -0.25) is 0 Å². The van der Waals surface area contributed by atoms with Gasteiger partial charge < -0.3 is 14.5 Å². The molecule has 0 heterocycles. The maximum absolute atomic E-state index is 11.8. The van der Waals surface area contributed by atoms with Gasteiger partial charge in [-0.15, -0.1) is 0 Å². The first-order chi connectivity index (χ1) is 8.29. The molecular weight excluding hydrogens is 308 g/mol. The Balaban J connectivity index is 4.67. The molecule has 0 aromatic carbocycles. The fourth-order valence-corrected chi connectivity index (χ4v) is 3.52. The van der Waals surface area contributed by atoms with Crippen LogP contribution in [-0.2, 0) is 9.53 Å². The molecule has 0 bridgehead atoms. The molecule has 0 aromatic rings. The summed E-state index contributed by atoms with van der Waals surface area (Å²) in [4.78, 5) is 15.4. The van der Waals surface area contributed by atoms with Crippen LogP contribution in [0.15, 0.2) is 0 Å². The minimum atomic E-state index is -0.463. The van der Waals surface area contributed by atoms with Crippen LogP contribution in [0.4, 0.5) is 0 Å². The zero-order valence-electron chi connectivity index (χ0n) is 11.1. The lowest BCUT2D eigenvalue weighted by molar-refractivity contribution is -0.140. The molecule has 0 spiro atoms. The van der Waals surface area contributed by atoms with Crippen LogP contribution in [0.25, 0.3) is 0 Å². The molecule has 4 nitrogen and oxygen atoms in total. The van der Waals surface area contributed by atoms with Gasteiger partial charge >= 0.3 is 5.97 Å². The highest BCUT2D eigenvalue weighted by molar-refractivity contribution is 8.36. The molecule has 0 N–H and O–H groups in total. The van der Waals surface area contributed by atoms with Crippen molar-refractivity contribution in [3.63, 3.8) is 0 Å². The average molecular weight is 327 g/mol. The Hall–Kier alpha value is -0.0500. The number of carbonyl (C=O) groups excluding carboxylic acids is 1. The zero-order valence-corrected chi connectivity index (χ0v) is 14.4. The summed E-state index contributed by atoms with van der Waals surface area (Å²) < 4.78 is 5.82. The second-order valence-corrected chi connectivity index (χ2v) is 7.42. The van der Waals surface area contributed by atoms with Gasteiger partial charge in [0, 0.05) is 28.2 Å². The highest BCUT2D eigenvalue weighted by Gasteiger charge is 2.26. The summed E-state index contributed by atoms with van der Waals surface area (Å²) in [6.07, 6.45) is 0. The first-order valence-corrected chi connectivity index (χ1v) is 7.79. The molecule has 0 aromatic heterocycles. The number of esters is 1. The molecule has 0 aliphatic carbocycles. The van der Waals surface area contributed by atoms with Crippen molar-refractivity contribution in [3.8, 4) is 0 Å². The van der Waals surface area contributed by atoms with Crippen LogP contribution in [0.5, 0.6) is 0 Å². The summed E-state index contributed by atoms with van der Waals surface area (Å²) in [5.74, 6) is -0.305. The van der Waals surface area contributed by atoms with Gasteiger partial charge in [0.05, 0.1) is 6.61 Å². The Morgan fingerprint density at radius 1 is 1.11 bits per heavy atom. The number of carbonyl (C=O) groups is 1. The molecule has 0 saturated carbocycles. The Morgan fingerprint density at radius 3 is 1.78 bits per heavy atom. The van der Waals surface area contributed by atoms with Crippen LogP contribution in [0.2, 0.25) is 0 Å². The van der Waals surface area contributed by atoms with Gasteiger partial charge in [0.2, 0.25) is 0 Å². The third-order valence-corrected chi connectivity index (χ3v) is 5.46. The molecule has 0 aliphatic rings. The van der Waals surface area contributed by atoms with Gasteiger partial charge in [0.1, 0.15) is 8.64 Å². The van der Waals surface area contributed by atoms with Crippen molar-refractivity contribution < 1.29 is 9.53 Å². The van der Waals surface area contributed by atoms with Gasteiger partial charge in [-0.2, -0.15) is 0 Å². The van der Waals surface area contributed by atoms with Crippen LogP contribution >= 0.6 is 48.0 Å². The molecule has 0 saturated heterocycles. The molecule has 0 radical (unpaired) electrons. The highest BCUT2D eigenvalue weighted by Crippen LogP contribution is 2.28. The first-order valence-electron chi connectivity index (χ1n) is 5.22. The van der Waals surface area contributed by atoms with Crippen molar-refractivity contribution >= 4 is 62.6 Å². The largest absolute Gasteiger partial charge is 0.465 e. The van der Waals surface area contributed by atoms with Crippen molar-refractivity contribution in [1.29, 1.82) is 0 Å². The number of hydrogen-bond acceptors (Lipinski definition) is 6. The lowest BCUT2D eigenvalue weighted by Crippen LogP contribution is -2.27. The highest BCUT2D eigenvalue weighted by atomic mass is 32.2. The molecule has 0 rings (SSSR count). The van der Waals surface area contributed by atoms with Gasteiger partial charge in [-0.05, 0) is 6.92 Å². The van der Waals surface area contributed by atoms with Gasteiger partial charge in [-0.25, -0.2) is 4.79 Å². The van der Waals surface area contributed by atoms with E-state index in [4.69, 9.17) is 29.2 Å². The molecule has 104 valence electrons. The summed E-state index contributed by atoms with van der Waals surface area (Å²) >= 11 is 12.9. The maximum Gasteiger partial charge on any atom is 0.330 e. The van der Waals surface area contributed by atoms with E-state index < -0.39 is 4.58 Å². The van der Waals surface area contributed by atoms with E-state index >= 15 is 0 Å².